The van der Waals surface area contributed by atoms with Crippen LogP contribution in [0.4, 0.5) is 5.69 Å². The van der Waals surface area contributed by atoms with Crippen LogP contribution in [0.15, 0.2) is 42.5 Å². The van der Waals surface area contributed by atoms with Crippen molar-refractivity contribution in [1.82, 2.24) is 4.90 Å². The van der Waals surface area contributed by atoms with E-state index in [9.17, 15) is 0 Å². The molecule has 0 spiro atoms. The fraction of sp³-hybridized carbons (Fsp3) is 0.368. The topological polar surface area (TPSA) is 6.48 Å². The van der Waals surface area contributed by atoms with Gasteiger partial charge >= 0.3 is 0 Å². The first kappa shape index (κ1) is 12.9. The highest BCUT2D eigenvalue weighted by molar-refractivity contribution is 5.62. The van der Waals surface area contributed by atoms with Crippen molar-refractivity contribution in [2.24, 2.45) is 0 Å². The Morgan fingerprint density at radius 2 is 1.86 bits per heavy atom. The smallest absolute Gasteiger partial charge is 0.0672 e. The highest BCUT2D eigenvalue weighted by Crippen LogP contribution is 2.39. The highest BCUT2D eigenvalue weighted by Gasteiger charge is 2.31. The van der Waals surface area contributed by atoms with Crippen LogP contribution in [0.5, 0.6) is 0 Å². The van der Waals surface area contributed by atoms with Gasteiger partial charge in [-0.2, -0.15) is 0 Å². The Balaban J connectivity index is 1.91. The van der Waals surface area contributed by atoms with Gasteiger partial charge in [-0.3, -0.25) is 0 Å². The lowest BCUT2D eigenvalue weighted by Gasteiger charge is -2.42. The molecule has 108 valence electrons. The maximum absolute atomic E-state index is 2.63. The molecule has 0 radical (unpaired) electrons. The Bertz CT molecular complexity index is 677. The maximum Gasteiger partial charge on any atom is 0.0672 e. The summed E-state index contributed by atoms with van der Waals surface area (Å²) in [6.07, 6.45) is 1.06. The van der Waals surface area contributed by atoms with Gasteiger partial charge in [0.2, 0.25) is 0 Å². The first-order valence-electron chi connectivity index (χ1n) is 7.85. The zero-order chi connectivity index (χ0) is 14.4. The molecule has 0 unspecified atom stereocenters. The summed E-state index contributed by atoms with van der Waals surface area (Å²) in [6, 6.07) is 16.4. The van der Waals surface area contributed by atoms with E-state index in [1.54, 1.807) is 0 Å². The molecular weight excluding hydrogens is 256 g/mol. The van der Waals surface area contributed by atoms with E-state index in [2.05, 4.69) is 66.2 Å². The van der Waals surface area contributed by atoms with Gasteiger partial charge in [-0.1, -0.05) is 36.4 Å². The van der Waals surface area contributed by atoms with E-state index in [4.69, 9.17) is 0 Å². The van der Waals surface area contributed by atoms with Crippen molar-refractivity contribution in [3.63, 3.8) is 0 Å². The number of hydrogen-bond acceptors (Lipinski definition) is 2. The van der Waals surface area contributed by atoms with Crippen LogP contribution in [0.1, 0.15) is 28.3 Å². The molecule has 0 amide bonds. The second-order valence-corrected chi connectivity index (χ2v) is 6.48. The van der Waals surface area contributed by atoms with Gasteiger partial charge in [0, 0.05) is 25.3 Å². The van der Waals surface area contributed by atoms with Gasteiger partial charge < -0.3 is 9.80 Å². The number of hydrogen-bond donors (Lipinski definition) is 0. The Morgan fingerprint density at radius 3 is 2.76 bits per heavy atom. The minimum Gasteiger partial charge on any atom is -0.362 e. The van der Waals surface area contributed by atoms with Gasteiger partial charge in [0.1, 0.15) is 0 Å². The molecule has 2 aliphatic heterocycles. The van der Waals surface area contributed by atoms with Crippen molar-refractivity contribution in [2.75, 3.05) is 31.6 Å². The minimum atomic E-state index is 0.489. The molecule has 0 aliphatic carbocycles. The summed E-state index contributed by atoms with van der Waals surface area (Å²) in [6.45, 7) is 5.58. The average Bonchev–Trinajstić information content (AvgIpc) is 2.62. The van der Waals surface area contributed by atoms with Crippen LogP contribution in [-0.4, -0.2) is 31.6 Å². The fourth-order valence-electron chi connectivity index (χ4n) is 3.79. The molecule has 21 heavy (non-hydrogen) atoms. The van der Waals surface area contributed by atoms with Crippen LogP contribution in [0.3, 0.4) is 0 Å². The molecule has 0 aromatic heterocycles. The van der Waals surface area contributed by atoms with Gasteiger partial charge in [-0.05, 0) is 48.7 Å². The lowest BCUT2D eigenvalue weighted by atomic mass is 9.96. The van der Waals surface area contributed by atoms with E-state index in [1.165, 1.54) is 27.9 Å². The second-order valence-electron chi connectivity index (χ2n) is 6.48. The summed E-state index contributed by atoms with van der Waals surface area (Å²) in [5.41, 5.74) is 7.28. The van der Waals surface area contributed by atoms with Gasteiger partial charge in [0.25, 0.3) is 0 Å². The molecule has 2 nitrogen and oxygen atoms in total. The second kappa shape index (κ2) is 4.88. The van der Waals surface area contributed by atoms with Crippen LogP contribution < -0.4 is 4.90 Å². The zero-order valence-electron chi connectivity index (χ0n) is 12.8. The Hall–Kier alpha value is -1.80. The number of anilines is 1. The molecular formula is C19H22N2. The van der Waals surface area contributed by atoms with Crippen LogP contribution in [0.2, 0.25) is 0 Å². The first-order chi connectivity index (χ1) is 10.2. The SMILES string of the molecule is Cc1ccc2c(c1)N1CCN(C)C[C@@H]1c1ccccc1C2. The quantitative estimate of drug-likeness (QED) is 0.729. The van der Waals surface area contributed by atoms with E-state index in [0.29, 0.717) is 6.04 Å². The molecule has 2 heterocycles. The third-order valence-electron chi connectivity index (χ3n) is 4.93. The standard InChI is InChI=1S/C19H22N2/c1-14-7-8-16-12-15-5-3-4-6-17(15)19-13-20(2)9-10-21(19)18(16)11-14/h3-8,11,19H,9-10,12-13H2,1-2H3/t19-/m1/s1. The minimum absolute atomic E-state index is 0.489. The van der Waals surface area contributed by atoms with Crippen molar-refractivity contribution in [3.8, 4) is 0 Å². The number of likely N-dealkylation sites (N-methyl/N-ethyl adjacent to an activating group) is 1. The lowest BCUT2D eigenvalue weighted by molar-refractivity contribution is 0.269. The van der Waals surface area contributed by atoms with Crippen LogP contribution in [0.25, 0.3) is 0 Å². The summed E-state index contributed by atoms with van der Waals surface area (Å²) in [4.78, 5) is 5.09. The van der Waals surface area contributed by atoms with Crippen molar-refractivity contribution < 1.29 is 0 Å². The van der Waals surface area contributed by atoms with Gasteiger partial charge in [-0.25, -0.2) is 0 Å². The molecule has 0 N–H and O–H groups in total. The summed E-state index contributed by atoms with van der Waals surface area (Å²) in [5.74, 6) is 0. The molecule has 1 saturated heterocycles. The van der Waals surface area contributed by atoms with E-state index in [-0.39, 0.29) is 0 Å². The molecule has 2 heteroatoms. The normalized spacial score (nSPS) is 21.2. The fourth-order valence-corrected chi connectivity index (χ4v) is 3.79. The Morgan fingerprint density at radius 1 is 1.00 bits per heavy atom. The van der Waals surface area contributed by atoms with Gasteiger partial charge in [-0.15, -0.1) is 0 Å². The number of piperazine rings is 1. The predicted molar refractivity (Wildman–Crippen MR) is 88.0 cm³/mol. The molecule has 4 rings (SSSR count). The van der Waals surface area contributed by atoms with E-state index in [1.807, 2.05) is 0 Å². The van der Waals surface area contributed by atoms with Crippen LogP contribution in [-0.2, 0) is 6.42 Å². The van der Waals surface area contributed by atoms with E-state index < -0.39 is 0 Å². The maximum atomic E-state index is 2.63. The molecule has 2 aromatic rings. The van der Waals surface area contributed by atoms with Crippen molar-refractivity contribution in [3.05, 3.63) is 64.7 Å². The number of rotatable bonds is 0. The van der Waals surface area contributed by atoms with Crippen molar-refractivity contribution in [2.45, 2.75) is 19.4 Å². The lowest BCUT2D eigenvalue weighted by Crippen LogP contribution is -2.46. The monoisotopic (exact) mass is 278 g/mol. The predicted octanol–water partition coefficient (Wildman–Crippen LogP) is 3.39. The van der Waals surface area contributed by atoms with E-state index >= 15 is 0 Å². The average molecular weight is 278 g/mol. The van der Waals surface area contributed by atoms with Gasteiger partial charge in [0.15, 0.2) is 0 Å². The molecule has 1 atom stereocenters. The Kier molecular flexibility index (Phi) is 3.00. The number of nitrogens with zero attached hydrogens (tertiary/aromatic N) is 2. The number of fused-ring (bicyclic) bond motifs is 5. The molecule has 0 saturated carbocycles. The first-order valence-corrected chi connectivity index (χ1v) is 7.85. The van der Waals surface area contributed by atoms with Crippen LogP contribution in [0, 0.1) is 6.92 Å². The third kappa shape index (κ3) is 2.14. The van der Waals surface area contributed by atoms with Crippen molar-refractivity contribution in [1.29, 1.82) is 0 Å². The van der Waals surface area contributed by atoms with E-state index in [0.717, 1.165) is 26.1 Å². The number of aryl methyl sites for hydroxylation is 1. The number of benzene rings is 2. The largest absolute Gasteiger partial charge is 0.362 e. The molecule has 2 aliphatic rings. The molecule has 0 bridgehead atoms. The van der Waals surface area contributed by atoms with Crippen molar-refractivity contribution >= 4 is 5.69 Å². The summed E-state index contributed by atoms with van der Waals surface area (Å²) >= 11 is 0. The van der Waals surface area contributed by atoms with Gasteiger partial charge in [0.05, 0.1) is 6.04 Å². The Labute approximate surface area is 127 Å². The molecule has 1 fully saturated rings. The summed E-state index contributed by atoms with van der Waals surface area (Å²) in [7, 11) is 2.24. The highest BCUT2D eigenvalue weighted by atomic mass is 15.3. The third-order valence-corrected chi connectivity index (χ3v) is 4.93. The zero-order valence-corrected chi connectivity index (χ0v) is 12.8. The summed E-state index contributed by atoms with van der Waals surface area (Å²) in [5, 5.41) is 0. The molecule has 2 aromatic carbocycles. The summed E-state index contributed by atoms with van der Waals surface area (Å²) < 4.78 is 0. The van der Waals surface area contributed by atoms with Crippen LogP contribution >= 0.6 is 0 Å².